The quantitative estimate of drug-likeness (QED) is 0.571. The van der Waals surface area contributed by atoms with Gasteiger partial charge in [-0.1, -0.05) is 6.92 Å². The Morgan fingerprint density at radius 1 is 1.17 bits per heavy atom. The Morgan fingerprint density at radius 2 is 1.61 bits per heavy atom. The van der Waals surface area contributed by atoms with Crippen LogP contribution in [0.1, 0.15) is 20.3 Å². The lowest BCUT2D eigenvalue weighted by Gasteiger charge is -2.29. The summed E-state index contributed by atoms with van der Waals surface area (Å²) in [6.45, 7) is -0.634. The number of hydrogen-bond acceptors (Lipinski definition) is 2. The lowest BCUT2D eigenvalue weighted by molar-refractivity contribution is -0.238. The van der Waals surface area contributed by atoms with E-state index in [1.165, 1.54) is 0 Å². The summed E-state index contributed by atoms with van der Waals surface area (Å²) >= 11 is 0. The van der Waals surface area contributed by atoms with Gasteiger partial charge in [0, 0.05) is 0 Å². The molecule has 0 aromatic heterocycles. The maximum atomic E-state index is 12.5. The van der Waals surface area contributed by atoms with Crippen LogP contribution in [0.15, 0.2) is 0 Å². The van der Waals surface area contributed by atoms with Gasteiger partial charge in [0.05, 0.1) is 0 Å². The number of rotatable bonds is 5. The Morgan fingerprint density at radius 3 is 1.89 bits per heavy atom. The molecule has 0 aliphatic rings. The predicted octanol–water partition coefficient (Wildman–Crippen LogP) is 3.41. The minimum absolute atomic E-state index is 0.454. The normalized spacial score (nSPS) is 16.6. The van der Waals surface area contributed by atoms with Crippen LogP contribution in [0.5, 0.6) is 0 Å². The van der Waals surface area contributed by atoms with Crippen molar-refractivity contribution in [2.24, 2.45) is 5.41 Å². The third-order valence-corrected chi connectivity index (χ3v) is 2.50. The van der Waals surface area contributed by atoms with E-state index in [-0.39, 0.29) is 0 Å². The summed E-state index contributed by atoms with van der Waals surface area (Å²) in [7, 11) is 0. The molecule has 0 aliphatic heterocycles. The second-order valence-electron chi connectivity index (χ2n) is 3.82. The zero-order chi connectivity index (χ0) is 14.8. The average Bonchev–Trinajstić information content (AvgIpc) is 2.22. The molecule has 0 aromatic carbocycles. The molecule has 0 amide bonds. The molecule has 0 saturated carbocycles. The zero-order valence-corrected chi connectivity index (χ0v) is 9.45. The standard InChI is InChI=1S/C9H11F7O2/c1-3-7(2,9(14,15)16)6(17)18-4-8(12,13)5(10)11/h5H,3-4H2,1-2H3. The van der Waals surface area contributed by atoms with Crippen molar-refractivity contribution in [3.05, 3.63) is 0 Å². The lowest BCUT2D eigenvalue weighted by atomic mass is 9.87. The number of carbonyl (C=O) groups is 1. The number of alkyl halides is 7. The maximum absolute atomic E-state index is 12.5. The second kappa shape index (κ2) is 5.31. The molecule has 0 saturated heterocycles. The van der Waals surface area contributed by atoms with Crippen molar-refractivity contribution in [2.45, 2.75) is 38.8 Å². The summed E-state index contributed by atoms with van der Waals surface area (Å²) in [5.74, 6) is -6.67. The van der Waals surface area contributed by atoms with Crippen molar-refractivity contribution in [1.82, 2.24) is 0 Å². The minimum Gasteiger partial charge on any atom is -0.458 e. The van der Waals surface area contributed by atoms with Crippen molar-refractivity contribution in [3.8, 4) is 0 Å². The van der Waals surface area contributed by atoms with Gasteiger partial charge in [-0.3, -0.25) is 4.79 Å². The average molecular weight is 284 g/mol. The minimum atomic E-state index is -5.01. The van der Waals surface area contributed by atoms with E-state index in [0.29, 0.717) is 6.92 Å². The molecule has 0 radical (unpaired) electrons. The number of esters is 1. The van der Waals surface area contributed by atoms with E-state index in [9.17, 15) is 35.5 Å². The lowest BCUT2D eigenvalue weighted by Crippen LogP contribution is -2.45. The molecule has 0 N–H and O–H groups in total. The van der Waals surface area contributed by atoms with Gasteiger partial charge in [0.1, 0.15) is 0 Å². The monoisotopic (exact) mass is 284 g/mol. The highest BCUT2D eigenvalue weighted by atomic mass is 19.4. The molecule has 0 fully saturated rings. The van der Waals surface area contributed by atoms with Crippen LogP contribution in [0.2, 0.25) is 0 Å². The Bertz CT molecular complexity index is 300. The molecule has 1 atom stereocenters. The maximum Gasteiger partial charge on any atom is 0.404 e. The fraction of sp³-hybridized carbons (Fsp3) is 0.889. The first-order valence-corrected chi connectivity index (χ1v) is 4.78. The van der Waals surface area contributed by atoms with Crippen LogP contribution in [0.4, 0.5) is 30.7 Å². The van der Waals surface area contributed by atoms with Crippen molar-refractivity contribution < 1.29 is 40.3 Å². The van der Waals surface area contributed by atoms with Crippen LogP contribution in [-0.2, 0) is 9.53 Å². The van der Waals surface area contributed by atoms with E-state index < -0.39 is 42.9 Å². The number of carbonyl (C=O) groups excluding carboxylic acids is 1. The highest BCUT2D eigenvalue weighted by Crippen LogP contribution is 2.42. The van der Waals surface area contributed by atoms with Gasteiger partial charge >= 0.3 is 24.5 Å². The third kappa shape index (κ3) is 3.49. The van der Waals surface area contributed by atoms with Crippen LogP contribution >= 0.6 is 0 Å². The Kier molecular flexibility index (Phi) is 5.01. The predicted molar refractivity (Wildman–Crippen MR) is 46.4 cm³/mol. The first-order chi connectivity index (χ1) is 7.88. The summed E-state index contributed by atoms with van der Waals surface area (Å²) in [6.07, 6.45) is -9.89. The molecule has 1 unspecified atom stereocenters. The second-order valence-corrected chi connectivity index (χ2v) is 3.82. The fourth-order valence-corrected chi connectivity index (χ4v) is 0.845. The van der Waals surface area contributed by atoms with Crippen molar-refractivity contribution in [1.29, 1.82) is 0 Å². The van der Waals surface area contributed by atoms with Crippen molar-refractivity contribution in [3.63, 3.8) is 0 Å². The van der Waals surface area contributed by atoms with Gasteiger partial charge in [0.25, 0.3) is 0 Å². The molecule has 108 valence electrons. The molecular weight excluding hydrogens is 273 g/mol. The van der Waals surface area contributed by atoms with Gasteiger partial charge < -0.3 is 4.74 Å². The molecule has 18 heavy (non-hydrogen) atoms. The first kappa shape index (κ1) is 17.0. The molecule has 0 aromatic rings. The van der Waals surface area contributed by atoms with Gasteiger partial charge in [-0.2, -0.15) is 22.0 Å². The van der Waals surface area contributed by atoms with E-state index in [0.717, 1.165) is 6.92 Å². The van der Waals surface area contributed by atoms with E-state index in [1.807, 2.05) is 0 Å². The van der Waals surface area contributed by atoms with Gasteiger partial charge in [0.15, 0.2) is 12.0 Å². The summed E-state index contributed by atoms with van der Waals surface area (Å²) in [5.41, 5.74) is -2.99. The van der Waals surface area contributed by atoms with Crippen molar-refractivity contribution >= 4 is 5.97 Å². The third-order valence-electron chi connectivity index (χ3n) is 2.50. The number of halogens is 7. The molecule has 0 bridgehead atoms. The Hall–Kier alpha value is -1.02. The highest BCUT2D eigenvalue weighted by molar-refractivity contribution is 5.77. The van der Waals surface area contributed by atoms with E-state index in [4.69, 9.17) is 0 Å². The van der Waals surface area contributed by atoms with Gasteiger partial charge in [-0.05, 0) is 13.3 Å². The van der Waals surface area contributed by atoms with Crippen LogP contribution in [-0.4, -0.2) is 31.1 Å². The summed E-state index contributed by atoms with van der Waals surface area (Å²) in [5, 5.41) is 0. The smallest absolute Gasteiger partial charge is 0.404 e. The first-order valence-electron chi connectivity index (χ1n) is 4.78. The van der Waals surface area contributed by atoms with Gasteiger partial charge in [-0.15, -0.1) is 0 Å². The Balaban J connectivity index is 4.78. The molecule has 0 heterocycles. The molecule has 0 aliphatic carbocycles. The fourth-order valence-electron chi connectivity index (χ4n) is 0.845. The molecule has 2 nitrogen and oxygen atoms in total. The highest BCUT2D eigenvalue weighted by Gasteiger charge is 2.57. The topological polar surface area (TPSA) is 26.3 Å². The number of ether oxygens (including phenoxy) is 1. The van der Waals surface area contributed by atoms with E-state index >= 15 is 0 Å². The van der Waals surface area contributed by atoms with E-state index in [2.05, 4.69) is 4.74 Å². The zero-order valence-electron chi connectivity index (χ0n) is 9.45. The van der Waals surface area contributed by atoms with Crippen LogP contribution in [0.25, 0.3) is 0 Å². The van der Waals surface area contributed by atoms with Crippen molar-refractivity contribution in [2.75, 3.05) is 6.61 Å². The summed E-state index contributed by atoms with van der Waals surface area (Å²) in [4.78, 5) is 11.1. The summed E-state index contributed by atoms with van der Waals surface area (Å²) < 4.78 is 89.4. The SMILES string of the molecule is CCC(C)(C(=O)OCC(F)(F)C(F)F)C(F)(F)F. The number of hydrogen-bond donors (Lipinski definition) is 0. The molecule has 0 spiro atoms. The van der Waals surface area contributed by atoms with Crippen LogP contribution in [0.3, 0.4) is 0 Å². The Labute approximate surface area is 98.1 Å². The van der Waals surface area contributed by atoms with Crippen LogP contribution < -0.4 is 0 Å². The molecule has 0 rings (SSSR count). The largest absolute Gasteiger partial charge is 0.458 e. The molecule has 9 heteroatoms. The summed E-state index contributed by atoms with van der Waals surface area (Å²) in [6, 6.07) is 0. The molecular formula is C9H11F7O2. The van der Waals surface area contributed by atoms with Gasteiger partial charge in [-0.25, -0.2) is 8.78 Å². The van der Waals surface area contributed by atoms with Crippen LogP contribution in [0, 0.1) is 5.41 Å². The van der Waals surface area contributed by atoms with Gasteiger partial charge in [0.2, 0.25) is 0 Å². The van der Waals surface area contributed by atoms with E-state index in [1.54, 1.807) is 0 Å².